The fourth-order valence-corrected chi connectivity index (χ4v) is 3.69. The third-order valence-electron chi connectivity index (χ3n) is 4.88. The van der Waals surface area contributed by atoms with Gasteiger partial charge in [-0.25, -0.2) is 0 Å². The number of pyridine rings is 1. The van der Waals surface area contributed by atoms with Crippen LogP contribution < -0.4 is 11.3 Å². The van der Waals surface area contributed by atoms with E-state index in [0.717, 1.165) is 22.4 Å². The first-order chi connectivity index (χ1) is 16.2. The van der Waals surface area contributed by atoms with Gasteiger partial charge in [-0.3, -0.25) is 9.79 Å². The lowest BCUT2D eigenvalue weighted by Gasteiger charge is -2.18. The number of aromatic nitrogens is 1. The van der Waals surface area contributed by atoms with E-state index in [9.17, 15) is 23.2 Å². The van der Waals surface area contributed by atoms with Gasteiger partial charge in [0, 0.05) is 28.0 Å². The maximum atomic E-state index is 13.7. The van der Waals surface area contributed by atoms with Gasteiger partial charge in [0.25, 0.3) is 5.56 Å². The minimum absolute atomic E-state index is 0.0631. The normalized spacial score (nSPS) is 12.2. The fraction of sp³-hybridized carbons (Fsp3) is 0.125. The molecule has 0 amide bonds. The summed E-state index contributed by atoms with van der Waals surface area (Å²) in [5, 5.41) is 9.88. The number of nitrogens with zero attached hydrogens (tertiary/aromatic N) is 3. The summed E-state index contributed by atoms with van der Waals surface area (Å²) in [6.45, 7) is 0.0225. The molecule has 0 aliphatic carbocycles. The Hall–Kier alpha value is -3.54. The van der Waals surface area contributed by atoms with Crippen LogP contribution in [0.25, 0.3) is 5.57 Å². The summed E-state index contributed by atoms with van der Waals surface area (Å²) in [4.78, 5) is 17.3. The van der Waals surface area contributed by atoms with Crippen molar-refractivity contribution in [3.8, 4) is 6.07 Å². The Kier molecular flexibility index (Phi) is 7.82. The quantitative estimate of drug-likeness (QED) is 0.439. The molecule has 2 aromatic carbocycles. The lowest BCUT2D eigenvalue weighted by atomic mass is 10.0. The molecule has 10 heteroatoms. The highest BCUT2D eigenvalue weighted by molar-refractivity contribution is 6.35. The van der Waals surface area contributed by atoms with Gasteiger partial charge < -0.3 is 10.3 Å². The molecule has 2 N–H and O–H groups in total. The van der Waals surface area contributed by atoms with Gasteiger partial charge in [-0.15, -0.1) is 0 Å². The molecular formula is C24H17Cl2F3N4O. The van der Waals surface area contributed by atoms with Crippen LogP contribution in [0.4, 0.5) is 13.2 Å². The highest BCUT2D eigenvalue weighted by Crippen LogP contribution is 2.33. The van der Waals surface area contributed by atoms with Gasteiger partial charge in [-0.1, -0.05) is 59.6 Å². The summed E-state index contributed by atoms with van der Waals surface area (Å²) in [6.07, 6.45) is -2.60. The zero-order valence-corrected chi connectivity index (χ0v) is 19.0. The number of aliphatic imine (C=N–C) groups is 1. The van der Waals surface area contributed by atoms with E-state index in [0.29, 0.717) is 10.6 Å². The average molecular weight is 505 g/mol. The molecule has 5 nitrogen and oxygen atoms in total. The van der Waals surface area contributed by atoms with Gasteiger partial charge in [-0.2, -0.15) is 18.4 Å². The lowest BCUT2D eigenvalue weighted by molar-refractivity contribution is -0.138. The monoisotopic (exact) mass is 504 g/mol. The van der Waals surface area contributed by atoms with E-state index in [-0.39, 0.29) is 29.4 Å². The molecule has 0 fully saturated rings. The number of benzene rings is 2. The van der Waals surface area contributed by atoms with Crippen LogP contribution in [0.2, 0.25) is 10.0 Å². The fourth-order valence-electron chi connectivity index (χ4n) is 3.22. The molecule has 0 saturated carbocycles. The van der Waals surface area contributed by atoms with E-state index in [1.54, 1.807) is 6.07 Å². The maximum Gasteiger partial charge on any atom is 0.417 e. The van der Waals surface area contributed by atoms with Crippen molar-refractivity contribution in [3.63, 3.8) is 0 Å². The summed E-state index contributed by atoms with van der Waals surface area (Å²) in [5.74, 6) is 0. The molecule has 0 atom stereocenters. The van der Waals surface area contributed by atoms with Crippen LogP contribution in [0.3, 0.4) is 0 Å². The summed E-state index contributed by atoms with van der Waals surface area (Å²) in [7, 11) is 0. The second-order valence-corrected chi connectivity index (χ2v) is 7.98. The molecule has 3 aromatic rings. The Morgan fingerprint density at radius 3 is 2.44 bits per heavy atom. The Bertz CT molecular complexity index is 1360. The van der Waals surface area contributed by atoms with Gasteiger partial charge >= 0.3 is 6.18 Å². The second kappa shape index (κ2) is 10.6. The van der Waals surface area contributed by atoms with Crippen molar-refractivity contribution in [2.24, 2.45) is 10.7 Å². The molecule has 34 heavy (non-hydrogen) atoms. The van der Waals surface area contributed by atoms with E-state index in [4.69, 9.17) is 28.9 Å². The standard InChI is InChI=1S/C24H17Cl2F3N4O/c25-18-7-6-16(21(26)8-18)14-33-22(9-20(24(27,28)29)19(11-31)23(33)34)17(10-30)13-32-12-15-4-2-1-3-5-15/h1-10,13H,12,14,30H2. The van der Waals surface area contributed by atoms with E-state index in [1.165, 1.54) is 24.4 Å². The number of alkyl halides is 3. The third kappa shape index (κ3) is 5.68. The minimum atomic E-state index is -4.93. The minimum Gasteiger partial charge on any atom is -0.404 e. The van der Waals surface area contributed by atoms with Crippen LogP contribution in [0.5, 0.6) is 0 Å². The molecule has 0 saturated heterocycles. The highest BCUT2D eigenvalue weighted by Gasteiger charge is 2.36. The van der Waals surface area contributed by atoms with Crippen LogP contribution in [0.1, 0.15) is 27.9 Å². The first-order valence-corrected chi connectivity index (χ1v) is 10.6. The number of rotatable bonds is 6. The largest absolute Gasteiger partial charge is 0.417 e. The molecule has 3 rings (SSSR count). The highest BCUT2D eigenvalue weighted by atomic mass is 35.5. The van der Waals surface area contributed by atoms with Gasteiger partial charge in [-0.05, 0) is 29.3 Å². The summed E-state index contributed by atoms with van der Waals surface area (Å²) < 4.78 is 42.1. The smallest absolute Gasteiger partial charge is 0.404 e. The molecule has 1 aromatic heterocycles. The van der Waals surface area contributed by atoms with Gasteiger partial charge in [0.1, 0.15) is 11.6 Å². The molecule has 0 unspecified atom stereocenters. The van der Waals surface area contributed by atoms with Crippen molar-refractivity contribution in [3.05, 3.63) is 109 Å². The summed E-state index contributed by atoms with van der Waals surface area (Å²) in [5.41, 5.74) is 3.38. The van der Waals surface area contributed by atoms with E-state index in [2.05, 4.69) is 4.99 Å². The van der Waals surface area contributed by atoms with Crippen molar-refractivity contribution < 1.29 is 13.2 Å². The SMILES string of the molecule is N#Cc1c(C(F)(F)F)cc(C(C=NCc2ccccc2)=CN)n(Cc2ccc(Cl)cc2Cl)c1=O. The number of nitrogens with two attached hydrogens (primary N) is 1. The van der Waals surface area contributed by atoms with E-state index >= 15 is 0 Å². The Morgan fingerprint density at radius 1 is 1.15 bits per heavy atom. The number of allylic oxidation sites excluding steroid dienone is 1. The molecule has 0 aliphatic rings. The van der Waals surface area contributed by atoms with E-state index < -0.39 is 22.9 Å². The van der Waals surface area contributed by atoms with Crippen molar-refractivity contribution in [1.29, 1.82) is 5.26 Å². The van der Waals surface area contributed by atoms with Crippen LogP contribution in [-0.4, -0.2) is 10.8 Å². The Morgan fingerprint density at radius 2 is 1.85 bits per heavy atom. The number of hydrogen-bond donors (Lipinski definition) is 1. The molecule has 0 bridgehead atoms. The number of nitriles is 1. The number of halogens is 5. The van der Waals surface area contributed by atoms with Gasteiger partial charge in [0.05, 0.1) is 24.3 Å². The average Bonchev–Trinajstić information content (AvgIpc) is 2.79. The molecule has 174 valence electrons. The zero-order chi connectivity index (χ0) is 24.9. The molecule has 0 aliphatic heterocycles. The predicted octanol–water partition coefficient (Wildman–Crippen LogP) is 5.66. The molecule has 1 heterocycles. The first-order valence-electron chi connectivity index (χ1n) is 9.80. The third-order valence-corrected chi connectivity index (χ3v) is 5.47. The van der Waals surface area contributed by atoms with Gasteiger partial charge in [0.15, 0.2) is 0 Å². The van der Waals surface area contributed by atoms with Crippen molar-refractivity contribution in [2.75, 3.05) is 0 Å². The Balaban J connectivity index is 2.16. The topological polar surface area (TPSA) is 84.2 Å². The van der Waals surface area contributed by atoms with Crippen LogP contribution in [-0.2, 0) is 19.3 Å². The lowest BCUT2D eigenvalue weighted by Crippen LogP contribution is -2.30. The van der Waals surface area contributed by atoms with Crippen molar-refractivity contribution in [2.45, 2.75) is 19.3 Å². The van der Waals surface area contributed by atoms with Gasteiger partial charge in [0.2, 0.25) is 0 Å². The van der Waals surface area contributed by atoms with Crippen molar-refractivity contribution >= 4 is 35.0 Å². The summed E-state index contributed by atoms with van der Waals surface area (Å²) in [6, 6.07) is 15.8. The first kappa shape index (κ1) is 25.1. The molecule has 0 spiro atoms. The maximum absolute atomic E-state index is 13.7. The molecule has 0 radical (unpaired) electrons. The molecular weight excluding hydrogens is 488 g/mol. The predicted molar refractivity (Wildman–Crippen MR) is 127 cm³/mol. The van der Waals surface area contributed by atoms with Crippen LogP contribution in [0, 0.1) is 11.3 Å². The Labute approximate surface area is 203 Å². The van der Waals surface area contributed by atoms with E-state index in [1.807, 2.05) is 30.3 Å². The van der Waals surface area contributed by atoms with Crippen LogP contribution in [0.15, 0.2) is 70.6 Å². The van der Waals surface area contributed by atoms with Crippen molar-refractivity contribution in [1.82, 2.24) is 4.57 Å². The number of hydrogen-bond acceptors (Lipinski definition) is 4. The zero-order valence-electron chi connectivity index (χ0n) is 17.5. The summed E-state index contributed by atoms with van der Waals surface area (Å²) >= 11 is 12.1. The second-order valence-electron chi connectivity index (χ2n) is 7.13. The van der Waals surface area contributed by atoms with Crippen LogP contribution >= 0.6 is 23.2 Å².